The molecule has 2 N–H and O–H groups in total. The van der Waals surface area contributed by atoms with Gasteiger partial charge in [-0.2, -0.15) is 0 Å². The van der Waals surface area contributed by atoms with Crippen LogP contribution in [0.1, 0.15) is 11.1 Å². The highest BCUT2D eigenvalue weighted by Crippen LogP contribution is 2.24. The van der Waals surface area contributed by atoms with Crippen LogP contribution in [-0.4, -0.2) is 13.5 Å². The van der Waals surface area contributed by atoms with E-state index in [1.807, 2.05) is 0 Å². The molecule has 2 aromatic rings. The first kappa shape index (κ1) is 15.8. The Morgan fingerprint density at radius 1 is 1.24 bits per heavy atom. The topological polar surface area (TPSA) is 66.4 Å². The van der Waals surface area contributed by atoms with Crippen LogP contribution in [0, 0.1) is 12.7 Å². The highest BCUT2D eigenvalue weighted by Gasteiger charge is 2.20. The van der Waals surface area contributed by atoms with Crippen molar-refractivity contribution in [3.05, 3.63) is 58.4 Å². The Bertz CT molecular complexity index is 778. The fourth-order valence-corrected chi connectivity index (χ4v) is 3.11. The maximum absolute atomic E-state index is 13.8. The number of aryl methyl sites for hydroxylation is 1. The first-order valence-electron chi connectivity index (χ1n) is 6.02. The van der Waals surface area contributed by atoms with Gasteiger partial charge in [0.2, 0.25) is 0 Å². The third-order valence-corrected chi connectivity index (χ3v) is 4.55. The van der Waals surface area contributed by atoms with Gasteiger partial charge in [-0.05, 0) is 42.3 Å². The summed E-state index contributed by atoms with van der Waals surface area (Å²) in [6.07, 6.45) is 0. The van der Waals surface area contributed by atoms with Gasteiger partial charge in [0.15, 0.2) is 0 Å². The van der Waals surface area contributed by atoms with Crippen LogP contribution in [0.25, 0.3) is 0 Å². The number of hydrogen-bond acceptors (Lipinski definition) is 3. The molecule has 4 nitrogen and oxygen atoms in total. The number of hydrogen-bond donors (Lipinski definition) is 2. The molecule has 0 radical (unpaired) electrons. The zero-order valence-corrected chi connectivity index (χ0v) is 12.7. The highest BCUT2D eigenvalue weighted by atomic mass is 35.5. The van der Waals surface area contributed by atoms with E-state index in [9.17, 15) is 12.8 Å². The molecule has 0 heterocycles. The zero-order chi connectivity index (χ0) is 15.6. The predicted molar refractivity (Wildman–Crippen MR) is 79.3 cm³/mol. The fraction of sp³-hybridized carbons (Fsp3) is 0.143. The van der Waals surface area contributed by atoms with Crippen LogP contribution in [0.4, 0.5) is 10.1 Å². The number of sulfonamides is 1. The summed E-state index contributed by atoms with van der Waals surface area (Å²) in [5, 5.41) is 9.21. The normalized spacial score (nSPS) is 11.4. The molecular formula is C14H13ClFNO3S. The van der Waals surface area contributed by atoms with Gasteiger partial charge in [0, 0.05) is 5.02 Å². The van der Waals surface area contributed by atoms with E-state index in [-0.39, 0.29) is 17.3 Å². The third kappa shape index (κ3) is 3.53. The standard InChI is InChI=1S/C14H13ClFNO3S/c1-9-2-3-10(8-18)6-13(9)17-21(19,20)14-5-4-11(15)7-12(14)16/h2-7,17-18H,8H2,1H3. The number of benzene rings is 2. The van der Waals surface area contributed by atoms with Crippen LogP contribution in [0.5, 0.6) is 0 Å². The Hall–Kier alpha value is -1.63. The monoisotopic (exact) mass is 329 g/mol. The average molecular weight is 330 g/mol. The fourth-order valence-electron chi connectivity index (χ4n) is 1.77. The van der Waals surface area contributed by atoms with Crippen molar-refractivity contribution in [3.63, 3.8) is 0 Å². The lowest BCUT2D eigenvalue weighted by Crippen LogP contribution is -2.15. The van der Waals surface area contributed by atoms with Crippen molar-refractivity contribution in [1.29, 1.82) is 0 Å². The summed E-state index contributed by atoms with van der Waals surface area (Å²) >= 11 is 5.61. The Morgan fingerprint density at radius 3 is 2.57 bits per heavy atom. The summed E-state index contributed by atoms with van der Waals surface area (Å²) in [4.78, 5) is -0.485. The predicted octanol–water partition coefficient (Wildman–Crippen LogP) is 3.08. The Kier molecular flexibility index (Phi) is 4.51. The maximum Gasteiger partial charge on any atom is 0.264 e. The summed E-state index contributed by atoms with van der Waals surface area (Å²) in [5.74, 6) is -0.925. The van der Waals surface area contributed by atoms with Crippen molar-refractivity contribution in [2.24, 2.45) is 0 Å². The van der Waals surface area contributed by atoms with E-state index < -0.39 is 20.7 Å². The van der Waals surface area contributed by atoms with Gasteiger partial charge in [-0.3, -0.25) is 4.72 Å². The molecule has 2 aromatic carbocycles. The maximum atomic E-state index is 13.8. The van der Waals surface area contributed by atoms with Crippen molar-refractivity contribution in [3.8, 4) is 0 Å². The summed E-state index contributed by atoms with van der Waals surface area (Å²) in [5.41, 5.74) is 1.50. The Balaban J connectivity index is 2.42. The summed E-state index contributed by atoms with van der Waals surface area (Å²) in [7, 11) is -4.07. The largest absolute Gasteiger partial charge is 0.392 e. The molecule has 0 aliphatic heterocycles. The van der Waals surface area contributed by atoms with E-state index in [1.165, 1.54) is 12.1 Å². The molecule has 0 aliphatic carbocycles. The van der Waals surface area contributed by atoms with Gasteiger partial charge in [-0.15, -0.1) is 0 Å². The SMILES string of the molecule is Cc1ccc(CO)cc1NS(=O)(=O)c1ccc(Cl)cc1F. The van der Waals surface area contributed by atoms with E-state index in [0.717, 1.165) is 12.1 Å². The van der Waals surface area contributed by atoms with Gasteiger partial charge in [0.05, 0.1) is 12.3 Å². The van der Waals surface area contributed by atoms with Crippen LogP contribution in [0.2, 0.25) is 5.02 Å². The van der Waals surface area contributed by atoms with Crippen molar-refractivity contribution in [2.45, 2.75) is 18.4 Å². The van der Waals surface area contributed by atoms with E-state index in [0.29, 0.717) is 11.1 Å². The summed E-state index contributed by atoms with van der Waals surface area (Å²) < 4.78 is 40.5. The van der Waals surface area contributed by atoms with Crippen LogP contribution in [-0.2, 0) is 16.6 Å². The molecular weight excluding hydrogens is 317 g/mol. The van der Waals surface area contributed by atoms with Crippen LogP contribution in [0.3, 0.4) is 0 Å². The molecule has 0 atom stereocenters. The molecule has 0 saturated heterocycles. The summed E-state index contributed by atoms with van der Waals surface area (Å²) in [6.45, 7) is 1.49. The molecule has 0 aliphatic rings. The first-order chi connectivity index (χ1) is 9.83. The molecule has 0 aromatic heterocycles. The molecule has 0 amide bonds. The van der Waals surface area contributed by atoms with Gasteiger partial charge in [0.25, 0.3) is 10.0 Å². The number of rotatable bonds is 4. The summed E-state index contributed by atoms with van der Waals surface area (Å²) in [6, 6.07) is 8.19. The minimum absolute atomic E-state index is 0.116. The van der Waals surface area contributed by atoms with Crippen LogP contribution >= 0.6 is 11.6 Å². The third-order valence-electron chi connectivity index (χ3n) is 2.91. The van der Waals surface area contributed by atoms with Gasteiger partial charge >= 0.3 is 0 Å². The molecule has 112 valence electrons. The molecule has 7 heteroatoms. The van der Waals surface area contributed by atoms with Crippen LogP contribution in [0.15, 0.2) is 41.3 Å². The molecule has 2 rings (SSSR count). The Morgan fingerprint density at radius 2 is 1.95 bits per heavy atom. The number of nitrogens with one attached hydrogen (secondary N) is 1. The second kappa shape index (κ2) is 6.01. The average Bonchev–Trinajstić information content (AvgIpc) is 2.40. The molecule has 21 heavy (non-hydrogen) atoms. The minimum Gasteiger partial charge on any atom is -0.392 e. The molecule has 0 unspecified atom stereocenters. The number of anilines is 1. The van der Waals surface area contributed by atoms with Gasteiger partial charge < -0.3 is 5.11 Å². The van der Waals surface area contributed by atoms with E-state index in [4.69, 9.17) is 16.7 Å². The van der Waals surface area contributed by atoms with E-state index in [2.05, 4.69) is 4.72 Å². The van der Waals surface area contributed by atoms with Crippen LogP contribution < -0.4 is 4.72 Å². The molecule has 0 bridgehead atoms. The van der Waals surface area contributed by atoms with Crippen molar-refractivity contribution in [1.82, 2.24) is 0 Å². The molecule has 0 saturated carbocycles. The number of aliphatic hydroxyl groups excluding tert-OH is 1. The lowest BCUT2D eigenvalue weighted by molar-refractivity contribution is 0.282. The zero-order valence-electron chi connectivity index (χ0n) is 11.1. The molecule has 0 fully saturated rings. The lowest BCUT2D eigenvalue weighted by atomic mass is 10.1. The van der Waals surface area contributed by atoms with Crippen molar-refractivity contribution in [2.75, 3.05) is 4.72 Å². The van der Waals surface area contributed by atoms with Crippen molar-refractivity contribution >= 4 is 27.3 Å². The van der Waals surface area contributed by atoms with Gasteiger partial charge in [-0.25, -0.2) is 12.8 Å². The minimum atomic E-state index is -4.07. The lowest BCUT2D eigenvalue weighted by Gasteiger charge is -2.12. The smallest absolute Gasteiger partial charge is 0.264 e. The van der Waals surface area contributed by atoms with E-state index in [1.54, 1.807) is 19.1 Å². The number of aliphatic hydroxyl groups is 1. The van der Waals surface area contributed by atoms with Crippen molar-refractivity contribution < 1.29 is 17.9 Å². The first-order valence-corrected chi connectivity index (χ1v) is 7.88. The number of halogens is 2. The quantitative estimate of drug-likeness (QED) is 0.906. The van der Waals surface area contributed by atoms with E-state index >= 15 is 0 Å². The van der Waals surface area contributed by atoms with Gasteiger partial charge in [0.1, 0.15) is 10.7 Å². The highest BCUT2D eigenvalue weighted by molar-refractivity contribution is 7.92. The molecule has 0 spiro atoms. The van der Waals surface area contributed by atoms with Gasteiger partial charge in [-0.1, -0.05) is 23.7 Å². The Labute approximate surface area is 127 Å². The second-order valence-electron chi connectivity index (χ2n) is 4.49. The second-order valence-corrected chi connectivity index (χ2v) is 6.57.